The van der Waals surface area contributed by atoms with Gasteiger partial charge < -0.3 is 14.2 Å². The van der Waals surface area contributed by atoms with Gasteiger partial charge in [-0.1, -0.05) is 210 Å². The second-order valence-electron chi connectivity index (χ2n) is 17.1. The summed E-state index contributed by atoms with van der Waals surface area (Å²) in [7, 11) is 0. The molecule has 0 radical (unpaired) electrons. The maximum Gasteiger partial charge on any atom is 0.306 e. The maximum atomic E-state index is 12.8. The summed E-state index contributed by atoms with van der Waals surface area (Å²) in [5.74, 6) is -0.911. The number of esters is 3. The molecule has 6 nitrogen and oxygen atoms in total. The summed E-state index contributed by atoms with van der Waals surface area (Å²) in [5, 5.41) is 0. The van der Waals surface area contributed by atoms with E-state index in [1.165, 1.54) is 96.3 Å². The Kier molecular flexibility index (Phi) is 47.4. The van der Waals surface area contributed by atoms with E-state index in [9.17, 15) is 14.4 Å². The van der Waals surface area contributed by atoms with Crippen LogP contribution in [0.15, 0.2) is 60.8 Å². The molecule has 0 saturated carbocycles. The maximum absolute atomic E-state index is 12.8. The Morgan fingerprint density at radius 2 is 0.639 bits per heavy atom. The van der Waals surface area contributed by atoms with Gasteiger partial charge >= 0.3 is 17.9 Å². The molecule has 6 heteroatoms. The lowest BCUT2D eigenvalue weighted by Gasteiger charge is -2.18. The number of hydrogen-bond acceptors (Lipinski definition) is 6. The van der Waals surface area contributed by atoms with Gasteiger partial charge in [-0.15, -0.1) is 0 Å². The minimum atomic E-state index is -0.786. The Morgan fingerprint density at radius 1 is 0.344 bits per heavy atom. The highest BCUT2D eigenvalue weighted by atomic mass is 16.6. The second kappa shape index (κ2) is 49.8. The van der Waals surface area contributed by atoms with Crippen molar-refractivity contribution in [2.24, 2.45) is 0 Å². The van der Waals surface area contributed by atoms with Crippen LogP contribution in [0.3, 0.4) is 0 Å². The number of carbonyl (C=O) groups is 3. The van der Waals surface area contributed by atoms with Gasteiger partial charge in [0.25, 0.3) is 0 Å². The molecule has 0 N–H and O–H groups in total. The molecule has 0 aliphatic rings. The van der Waals surface area contributed by atoms with Crippen molar-refractivity contribution in [2.45, 2.75) is 258 Å². The van der Waals surface area contributed by atoms with Crippen LogP contribution in [-0.2, 0) is 28.6 Å². The van der Waals surface area contributed by atoms with Gasteiger partial charge in [-0.2, -0.15) is 0 Å². The Hall–Kier alpha value is -2.89. The summed E-state index contributed by atoms with van der Waals surface area (Å²) in [6.07, 6.45) is 60.5. The molecule has 0 rings (SSSR count). The molecule has 0 amide bonds. The smallest absolute Gasteiger partial charge is 0.306 e. The molecule has 0 fully saturated rings. The fourth-order valence-corrected chi connectivity index (χ4v) is 7.13. The molecule has 0 aliphatic heterocycles. The van der Waals surface area contributed by atoms with Crippen molar-refractivity contribution in [1.29, 1.82) is 0 Å². The van der Waals surface area contributed by atoms with Crippen molar-refractivity contribution >= 4 is 17.9 Å². The van der Waals surface area contributed by atoms with Crippen LogP contribution in [-0.4, -0.2) is 37.2 Å². The van der Waals surface area contributed by atoms with Crippen molar-refractivity contribution in [3.05, 3.63) is 60.8 Å². The fourth-order valence-electron chi connectivity index (χ4n) is 7.13. The van der Waals surface area contributed by atoms with Crippen LogP contribution in [0.1, 0.15) is 252 Å². The topological polar surface area (TPSA) is 78.9 Å². The zero-order chi connectivity index (χ0) is 44.4. The lowest BCUT2D eigenvalue weighted by Crippen LogP contribution is -2.30. The van der Waals surface area contributed by atoms with Gasteiger partial charge in [0, 0.05) is 19.3 Å². The van der Waals surface area contributed by atoms with Crippen LogP contribution in [0.25, 0.3) is 0 Å². The van der Waals surface area contributed by atoms with E-state index in [1.807, 2.05) is 0 Å². The minimum absolute atomic E-state index is 0.0842. The third-order valence-electron chi connectivity index (χ3n) is 11.0. The lowest BCUT2D eigenvalue weighted by molar-refractivity contribution is -0.167. The highest BCUT2D eigenvalue weighted by Gasteiger charge is 2.19. The fraction of sp³-hybridized carbons (Fsp3) is 0.764. The van der Waals surface area contributed by atoms with Gasteiger partial charge in [-0.05, 0) is 83.5 Å². The van der Waals surface area contributed by atoms with E-state index in [0.29, 0.717) is 19.3 Å². The van der Waals surface area contributed by atoms with Crippen molar-refractivity contribution in [3.8, 4) is 0 Å². The van der Waals surface area contributed by atoms with Crippen LogP contribution < -0.4 is 0 Å². The summed E-state index contributed by atoms with van der Waals surface area (Å²) in [4.78, 5) is 37.9. The standard InChI is InChI=1S/C55H96O6/c1-4-7-10-13-16-19-22-25-27-29-30-33-36-39-42-45-48-54(57)60-51-52(50-59-53(56)47-44-41-38-35-32-24-21-18-15-12-9-6-3)61-55(58)49-46-43-40-37-34-31-28-26-23-20-17-14-11-8-5-2/h8,11,17,19-20,22,26-29,52H,4-7,9-10,12-16,18,21,23-25,30-51H2,1-3H3/b11-8-,20-17-,22-19-,28-26-,29-27-. The summed E-state index contributed by atoms with van der Waals surface area (Å²) in [6.45, 7) is 6.49. The third-order valence-corrected chi connectivity index (χ3v) is 11.0. The van der Waals surface area contributed by atoms with Crippen LogP contribution in [0, 0.1) is 0 Å². The first-order valence-corrected chi connectivity index (χ1v) is 25.8. The Labute approximate surface area is 377 Å². The zero-order valence-electron chi connectivity index (χ0n) is 40.2. The first-order chi connectivity index (χ1) is 30.0. The largest absolute Gasteiger partial charge is 0.462 e. The van der Waals surface area contributed by atoms with E-state index in [1.54, 1.807) is 0 Å². The number of allylic oxidation sites excluding steroid dienone is 10. The molecule has 352 valence electrons. The number of hydrogen-bond donors (Lipinski definition) is 0. The van der Waals surface area contributed by atoms with Crippen molar-refractivity contribution in [2.75, 3.05) is 13.2 Å². The minimum Gasteiger partial charge on any atom is -0.462 e. The first kappa shape index (κ1) is 58.1. The van der Waals surface area contributed by atoms with Crippen LogP contribution in [0.4, 0.5) is 0 Å². The van der Waals surface area contributed by atoms with Crippen molar-refractivity contribution < 1.29 is 28.6 Å². The van der Waals surface area contributed by atoms with Crippen LogP contribution in [0.2, 0.25) is 0 Å². The van der Waals surface area contributed by atoms with E-state index < -0.39 is 6.10 Å². The SMILES string of the molecule is CC/C=C\C/C=C\C/C=C\CCCCCCCC(=O)OC(COC(=O)CCCCCCC/C=C\C/C=C\CCCCCC)COC(=O)CCCCCCCCCCCCCC. The van der Waals surface area contributed by atoms with E-state index >= 15 is 0 Å². The summed E-state index contributed by atoms with van der Waals surface area (Å²) >= 11 is 0. The lowest BCUT2D eigenvalue weighted by atomic mass is 10.0. The van der Waals surface area contributed by atoms with Crippen LogP contribution >= 0.6 is 0 Å². The van der Waals surface area contributed by atoms with E-state index in [2.05, 4.69) is 81.5 Å². The predicted molar refractivity (Wildman–Crippen MR) is 261 cm³/mol. The molecule has 1 unspecified atom stereocenters. The number of ether oxygens (including phenoxy) is 3. The van der Waals surface area contributed by atoms with Gasteiger partial charge in [-0.25, -0.2) is 0 Å². The Bertz CT molecular complexity index is 1120. The first-order valence-electron chi connectivity index (χ1n) is 25.8. The molecule has 0 aromatic heterocycles. The highest BCUT2D eigenvalue weighted by molar-refractivity contribution is 5.71. The molecule has 0 aromatic carbocycles. The molecule has 0 saturated heterocycles. The monoisotopic (exact) mass is 853 g/mol. The predicted octanol–water partition coefficient (Wildman–Crippen LogP) is 16.9. The number of rotatable bonds is 46. The molecule has 1 atom stereocenters. The van der Waals surface area contributed by atoms with Crippen molar-refractivity contribution in [3.63, 3.8) is 0 Å². The van der Waals surface area contributed by atoms with Gasteiger partial charge in [0.05, 0.1) is 0 Å². The highest BCUT2D eigenvalue weighted by Crippen LogP contribution is 2.15. The molecular formula is C55H96O6. The van der Waals surface area contributed by atoms with E-state index in [-0.39, 0.29) is 31.1 Å². The molecular weight excluding hydrogens is 757 g/mol. The molecule has 0 spiro atoms. The Balaban J connectivity index is 4.42. The normalized spacial score (nSPS) is 12.5. The number of carbonyl (C=O) groups excluding carboxylic acids is 3. The van der Waals surface area contributed by atoms with Gasteiger partial charge in [-0.3, -0.25) is 14.4 Å². The number of unbranched alkanes of at least 4 members (excludes halogenated alkanes) is 25. The average molecular weight is 853 g/mol. The van der Waals surface area contributed by atoms with Gasteiger partial charge in [0.1, 0.15) is 13.2 Å². The van der Waals surface area contributed by atoms with E-state index in [4.69, 9.17) is 14.2 Å². The summed E-state index contributed by atoms with van der Waals surface area (Å²) < 4.78 is 16.8. The average Bonchev–Trinajstić information content (AvgIpc) is 3.26. The molecule has 0 aromatic rings. The summed E-state index contributed by atoms with van der Waals surface area (Å²) in [5.41, 5.74) is 0. The summed E-state index contributed by atoms with van der Waals surface area (Å²) in [6, 6.07) is 0. The Morgan fingerprint density at radius 3 is 1.02 bits per heavy atom. The van der Waals surface area contributed by atoms with E-state index in [0.717, 1.165) is 116 Å². The zero-order valence-corrected chi connectivity index (χ0v) is 40.2. The molecule has 0 bridgehead atoms. The molecule has 0 heterocycles. The van der Waals surface area contributed by atoms with Gasteiger partial charge in [0.2, 0.25) is 0 Å². The molecule has 0 aliphatic carbocycles. The molecule has 61 heavy (non-hydrogen) atoms. The third kappa shape index (κ3) is 48.0. The van der Waals surface area contributed by atoms with Crippen LogP contribution in [0.5, 0.6) is 0 Å². The van der Waals surface area contributed by atoms with Gasteiger partial charge in [0.15, 0.2) is 6.10 Å². The second-order valence-corrected chi connectivity index (χ2v) is 17.1. The van der Waals surface area contributed by atoms with Crippen molar-refractivity contribution in [1.82, 2.24) is 0 Å². The quantitative estimate of drug-likeness (QED) is 0.0263.